The number of aliphatic imine (C=N–C) groups is 1. The average molecular weight is 509 g/mol. The van der Waals surface area contributed by atoms with Crippen LogP contribution in [-0.4, -0.2) is 57.3 Å². The Morgan fingerprint density at radius 3 is 2.78 bits per heavy atom. The second-order valence-electron chi connectivity index (χ2n) is 9.20. The molecule has 0 aliphatic carbocycles. The van der Waals surface area contributed by atoms with Crippen LogP contribution in [0.25, 0.3) is 11.0 Å². The first-order valence-electron chi connectivity index (χ1n) is 11.6. The molecule has 0 fully saturated rings. The summed E-state index contributed by atoms with van der Waals surface area (Å²) in [5, 5.41) is 5.33. The molecule has 0 spiro atoms. The fourth-order valence-electron chi connectivity index (χ4n) is 3.22. The SMILES string of the molecule is C=N/C=C\C=C(/C)CNC(=O)c1csc(CCN(Cc2nc3ccccc3[nH]2)C(=O)OC(C)(C)C)n1. The van der Waals surface area contributed by atoms with E-state index in [0.717, 1.165) is 21.6 Å². The third-order valence-corrected chi connectivity index (χ3v) is 5.82. The first-order chi connectivity index (χ1) is 17.1. The molecule has 190 valence electrons. The molecular weight excluding hydrogens is 476 g/mol. The molecule has 9 nitrogen and oxygen atoms in total. The molecule has 10 heteroatoms. The molecule has 2 amide bonds. The van der Waals surface area contributed by atoms with E-state index >= 15 is 0 Å². The second-order valence-corrected chi connectivity index (χ2v) is 10.1. The molecule has 36 heavy (non-hydrogen) atoms. The van der Waals surface area contributed by atoms with Gasteiger partial charge in [-0.25, -0.2) is 14.8 Å². The Morgan fingerprint density at radius 2 is 2.06 bits per heavy atom. The summed E-state index contributed by atoms with van der Waals surface area (Å²) in [6.45, 7) is 11.8. The highest BCUT2D eigenvalue weighted by atomic mass is 32.1. The van der Waals surface area contributed by atoms with Crippen LogP contribution in [0.2, 0.25) is 0 Å². The van der Waals surface area contributed by atoms with Gasteiger partial charge in [0, 0.05) is 31.1 Å². The zero-order valence-corrected chi connectivity index (χ0v) is 21.9. The number of H-pyrrole nitrogens is 1. The molecule has 0 atom stereocenters. The van der Waals surface area contributed by atoms with Crippen LogP contribution < -0.4 is 5.32 Å². The van der Waals surface area contributed by atoms with E-state index in [0.29, 0.717) is 31.0 Å². The smallest absolute Gasteiger partial charge is 0.410 e. The van der Waals surface area contributed by atoms with Gasteiger partial charge in [0.25, 0.3) is 5.91 Å². The predicted molar refractivity (Wildman–Crippen MR) is 143 cm³/mol. The van der Waals surface area contributed by atoms with Gasteiger partial charge in [0.1, 0.15) is 17.1 Å². The molecule has 3 rings (SSSR count). The molecule has 2 heterocycles. The first kappa shape index (κ1) is 26.8. The highest BCUT2D eigenvalue weighted by molar-refractivity contribution is 7.09. The van der Waals surface area contributed by atoms with Crippen LogP contribution in [0.15, 0.2) is 58.6 Å². The minimum Gasteiger partial charge on any atom is -0.444 e. The van der Waals surface area contributed by atoms with Crippen molar-refractivity contribution in [3.63, 3.8) is 0 Å². The summed E-state index contributed by atoms with van der Waals surface area (Å²) < 4.78 is 5.61. The number of hydrogen-bond acceptors (Lipinski definition) is 7. The Labute approximate surface area is 215 Å². The summed E-state index contributed by atoms with van der Waals surface area (Å²) in [4.78, 5) is 42.9. The number of aromatic amines is 1. The van der Waals surface area contributed by atoms with Gasteiger partial charge in [-0.3, -0.25) is 9.79 Å². The molecule has 0 aliphatic heterocycles. The number of para-hydroxylation sites is 2. The monoisotopic (exact) mass is 508 g/mol. The van der Waals surface area contributed by atoms with Crippen molar-refractivity contribution in [1.82, 2.24) is 25.2 Å². The van der Waals surface area contributed by atoms with E-state index in [4.69, 9.17) is 4.74 Å². The molecule has 0 unspecified atom stereocenters. The zero-order chi connectivity index (χ0) is 26.1. The molecule has 2 N–H and O–H groups in total. The predicted octanol–water partition coefficient (Wildman–Crippen LogP) is 4.89. The van der Waals surface area contributed by atoms with Crippen molar-refractivity contribution in [2.45, 2.75) is 46.3 Å². The van der Waals surface area contributed by atoms with Crippen molar-refractivity contribution in [3.8, 4) is 0 Å². The highest BCUT2D eigenvalue weighted by Crippen LogP contribution is 2.17. The van der Waals surface area contributed by atoms with Crippen molar-refractivity contribution in [1.29, 1.82) is 0 Å². The van der Waals surface area contributed by atoms with Gasteiger partial charge in [-0.05, 0) is 52.6 Å². The topological polar surface area (TPSA) is 113 Å². The van der Waals surface area contributed by atoms with E-state index in [9.17, 15) is 9.59 Å². The Balaban J connectivity index is 1.63. The van der Waals surface area contributed by atoms with E-state index in [-0.39, 0.29) is 12.5 Å². The van der Waals surface area contributed by atoms with Gasteiger partial charge in [0.05, 0.1) is 22.6 Å². The third kappa shape index (κ3) is 8.16. The highest BCUT2D eigenvalue weighted by Gasteiger charge is 2.24. The van der Waals surface area contributed by atoms with Gasteiger partial charge >= 0.3 is 6.09 Å². The Hall–Kier alpha value is -3.79. The van der Waals surface area contributed by atoms with Crippen LogP contribution in [0.5, 0.6) is 0 Å². The zero-order valence-electron chi connectivity index (χ0n) is 21.1. The molecule has 0 saturated carbocycles. The maximum atomic E-state index is 12.9. The van der Waals surface area contributed by atoms with Gasteiger partial charge in [-0.15, -0.1) is 11.3 Å². The lowest BCUT2D eigenvalue weighted by molar-refractivity contribution is 0.0231. The second kappa shape index (κ2) is 12.3. The summed E-state index contributed by atoms with van der Waals surface area (Å²) in [7, 11) is 0. The maximum Gasteiger partial charge on any atom is 0.410 e. The number of amides is 2. The minimum atomic E-state index is -0.625. The number of nitrogens with zero attached hydrogens (tertiary/aromatic N) is 4. The minimum absolute atomic E-state index is 0.248. The molecule has 2 aromatic heterocycles. The summed E-state index contributed by atoms with van der Waals surface area (Å²) in [6, 6.07) is 7.71. The molecular formula is C26H32N6O3S. The summed E-state index contributed by atoms with van der Waals surface area (Å²) in [5.41, 5.74) is 2.45. The summed E-state index contributed by atoms with van der Waals surface area (Å²) in [6.07, 6.45) is 5.24. The van der Waals surface area contributed by atoms with Gasteiger partial charge < -0.3 is 19.9 Å². The fraction of sp³-hybridized carbons (Fsp3) is 0.346. The molecule has 3 aromatic rings. The van der Waals surface area contributed by atoms with E-state index < -0.39 is 11.7 Å². The van der Waals surface area contributed by atoms with E-state index in [1.165, 1.54) is 11.3 Å². The number of benzene rings is 1. The Morgan fingerprint density at radius 1 is 1.28 bits per heavy atom. The van der Waals surface area contributed by atoms with Crippen LogP contribution in [0, 0.1) is 0 Å². The number of carbonyl (C=O) groups excluding carboxylic acids is 2. The van der Waals surface area contributed by atoms with Crippen molar-refractivity contribution in [3.05, 3.63) is 70.1 Å². The van der Waals surface area contributed by atoms with Gasteiger partial charge in [0.2, 0.25) is 0 Å². The van der Waals surface area contributed by atoms with Crippen LogP contribution in [0.1, 0.15) is 49.0 Å². The average Bonchev–Trinajstić information content (AvgIpc) is 3.46. The number of nitrogens with one attached hydrogen (secondary N) is 2. The molecule has 0 bridgehead atoms. The van der Waals surface area contributed by atoms with Crippen molar-refractivity contribution >= 4 is 41.1 Å². The van der Waals surface area contributed by atoms with E-state index in [1.54, 1.807) is 22.6 Å². The van der Waals surface area contributed by atoms with E-state index in [2.05, 4.69) is 32.0 Å². The quantitative estimate of drug-likeness (QED) is 0.299. The molecule has 0 saturated heterocycles. The number of aromatic nitrogens is 3. The summed E-state index contributed by atoms with van der Waals surface area (Å²) in [5.74, 6) is 0.422. The van der Waals surface area contributed by atoms with Crippen LogP contribution >= 0.6 is 11.3 Å². The largest absolute Gasteiger partial charge is 0.444 e. The van der Waals surface area contributed by atoms with Crippen LogP contribution in [0.4, 0.5) is 4.79 Å². The van der Waals surface area contributed by atoms with Gasteiger partial charge in [-0.2, -0.15) is 0 Å². The van der Waals surface area contributed by atoms with Crippen LogP contribution in [-0.2, 0) is 17.7 Å². The number of thiazole rings is 1. The molecule has 1 aromatic carbocycles. The van der Waals surface area contributed by atoms with Crippen molar-refractivity contribution < 1.29 is 14.3 Å². The van der Waals surface area contributed by atoms with Crippen molar-refractivity contribution in [2.24, 2.45) is 4.99 Å². The Kier molecular flexibility index (Phi) is 9.13. The van der Waals surface area contributed by atoms with Gasteiger partial charge in [0.15, 0.2) is 0 Å². The lowest BCUT2D eigenvalue weighted by Gasteiger charge is -2.26. The standard InChI is InChI=1S/C26H32N6O3S/c1-18(9-8-13-27-5)15-28-24(33)21-17-36-23(31-21)12-14-32(25(34)35-26(2,3)4)16-22-29-19-10-6-7-11-20(19)30-22/h6-11,13,17H,5,12,14-16H2,1-4H3,(H,28,33)(H,29,30)/b13-8-,18-9+. The number of ether oxygens (including phenoxy) is 1. The lowest BCUT2D eigenvalue weighted by atomic mass is 10.2. The Bertz CT molecular complexity index is 1230. The summed E-state index contributed by atoms with van der Waals surface area (Å²) >= 11 is 1.39. The number of imidazole rings is 1. The number of hydrogen-bond donors (Lipinski definition) is 2. The third-order valence-electron chi connectivity index (χ3n) is 4.91. The van der Waals surface area contributed by atoms with Gasteiger partial charge in [-0.1, -0.05) is 23.8 Å². The number of fused-ring (bicyclic) bond motifs is 1. The van der Waals surface area contributed by atoms with Crippen LogP contribution in [0.3, 0.4) is 0 Å². The fourth-order valence-corrected chi connectivity index (χ4v) is 3.99. The van der Waals surface area contributed by atoms with Crippen molar-refractivity contribution in [2.75, 3.05) is 13.1 Å². The first-order valence-corrected chi connectivity index (χ1v) is 12.4. The lowest BCUT2D eigenvalue weighted by Crippen LogP contribution is -2.38. The number of allylic oxidation sites excluding steroid dienone is 2. The number of carbonyl (C=O) groups is 2. The molecule has 0 radical (unpaired) electrons. The molecule has 0 aliphatic rings. The van der Waals surface area contributed by atoms with E-state index in [1.807, 2.05) is 58.0 Å². The normalized spacial score (nSPS) is 12.2. The number of rotatable bonds is 10. The maximum absolute atomic E-state index is 12.9.